The van der Waals surface area contributed by atoms with Gasteiger partial charge in [-0.05, 0) is 0 Å². The van der Waals surface area contributed by atoms with Crippen molar-refractivity contribution >= 4 is 0 Å². The largest absolute Gasteiger partial charge is 6.00 e. The van der Waals surface area contributed by atoms with Crippen LogP contribution >= 0.6 is 0 Å². The van der Waals surface area contributed by atoms with Crippen LogP contribution in [0, 0.1) is 0 Å². The van der Waals surface area contributed by atoms with E-state index >= 15 is 0 Å². The molecule has 0 N–H and O–H groups in total. The van der Waals surface area contributed by atoms with Gasteiger partial charge in [0.05, 0.1) is 0 Å². The molecule has 52 valence electrons. The van der Waals surface area contributed by atoms with Gasteiger partial charge in [-0.1, -0.05) is 0 Å². The van der Waals surface area contributed by atoms with Gasteiger partial charge in [0, 0.05) is 0 Å². The molecule has 0 unspecified atom stereocenters. The van der Waals surface area contributed by atoms with Gasteiger partial charge in [-0.2, -0.15) is 0 Å². The van der Waals surface area contributed by atoms with Crippen LogP contribution in [0.1, 0.15) is 0 Å². The molecule has 0 saturated carbocycles. The molecule has 0 aliphatic rings. The first-order valence-corrected chi connectivity index (χ1v) is 0. The predicted octanol–water partition coefficient (Wildman–Crippen LogP) is -18.0. The zero-order chi connectivity index (χ0) is 0. The third-order valence-corrected chi connectivity index (χ3v) is 0. The van der Waals surface area contributed by atoms with Crippen LogP contribution in [0.4, 0.5) is 0 Å². The molecule has 0 aliphatic carbocycles. The molecular weight excluding hydrogens is 309 g/mol. The minimum absolute atomic E-state index is 0. The fourth-order valence-corrected chi connectivity index (χ4v) is 0. The van der Waals surface area contributed by atoms with Crippen molar-refractivity contribution < 1.29 is 49.3 Å². The van der Waals surface area contributed by atoms with E-state index in [0.717, 1.165) is 0 Å². The molecular formula is F6Pt. The van der Waals surface area contributed by atoms with E-state index in [-0.39, 0.29) is 49.3 Å². The third kappa shape index (κ3) is 1590. The van der Waals surface area contributed by atoms with E-state index in [2.05, 4.69) is 0 Å². The van der Waals surface area contributed by atoms with Crippen molar-refractivity contribution in [2.24, 2.45) is 0 Å². The smallest absolute Gasteiger partial charge is 1.00 e. The van der Waals surface area contributed by atoms with E-state index in [1.54, 1.807) is 0 Å². The Morgan fingerprint density at radius 2 is 0.286 bits per heavy atom. The van der Waals surface area contributed by atoms with Crippen molar-refractivity contribution in [2.45, 2.75) is 0 Å². The summed E-state index contributed by atoms with van der Waals surface area (Å²) >= 11 is 0. The first-order valence-electron chi connectivity index (χ1n) is 0. The van der Waals surface area contributed by atoms with Gasteiger partial charge in [-0.25, -0.2) is 0 Å². The Morgan fingerprint density at radius 3 is 0.286 bits per heavy atom. The molecule has 0 aliphatic heterocycles. The Bertz CT molecular complexity index is 4.14. The molecule has 0 rings (SSSR count). The van der Waals surface area contributed by atoms with Crippen LogP contribution in [-0.4, -0.2) is 0 Å². The van der Waals surface area contributed by atoms with Gasteiger partial charge < -0.3 is 28.2 Å². The summed E-state index contributed by atoms with van der Waals surface area (Å²) < 4.78 is 0. The van der Waals surface area contributed by atoms with Crippen LogP contribution < -0.4 is 28.2 Å². The van der Waals surface area contributed by atoms with Crippen molar-refractivity contribution in [3.63, 3.8) is 0 Å². The van der Waals surface area contributed by atoms with E-state index in [1.165, 1.54) is 0 Å². The van der Waals surface area contributed by atoms with Crippen LogP contribution in [-0.2, 0) is 21.1 Å². The fraction of sp³-hybridized carbons (Fsp3) is 0. The van der Waals surface area contributed by atoms with Crippen LogP contribution in [0.5, 0.6) is 0 Å². The molecule has 0 atom stereocenters. The second-order valence-corrected chi connectivity index (χ2v) is 0. The monoisotopic (exact) mass is 309 g/mol. The Labute approximate surface area is 50.1 Å². The SMILES string of the molecule is [F-].[F-].[F-].[F-].[F-].[F-].[Pt+6]. The molecule has 0 nitrogen and oxygen atoms in total. The maximum Gasteiger partial charge on any atom is 6.00 e. The Kier molecular flexibility index (Phi) is 1370000. The van der Waals surface area contributed by atoms with Crippen LogP contribution in [0.15, 0.2) is 0 Å². The van der Waals surface area contributed by atoms with Gasteiger partial charge in [0.25, 0.3) is 0 Å². The summed E-state index contributed by atoms with van der Waals surface area (Å²) in [4.78, 5) is 0. The molecule has 0 spiro atoms. The molecule has 0 aromatic rings. The fourth-order valence-electron chi connectivity index (χ4n) is 0. The third-order valence-electron chi connectivity index (χ3n) is 0. The van der Waals surface area contributed by atoms with E-state index in [4.69, 9.17) is 0 Å². The van der Waals surface area contributed by atoms with Crippen molar-refractivity contribution in [1.29, 1.82) is 0 Å². The summed E-state index contributed by atoms with van der Waals surface area (Å²) in [5.41, 5.74) is 0. The summed E-state index contributed by atoms with van der Waals surface area (Å²) in [6.07, 6.45) is 0. The van der Waals surface area contributed by atoms with Gasteiger partial charge in [0.15, 0.2) is 0 Å². The van der Waals surface area contributed by atoms with Gasteiger partial charge >= 0.3 is 21.1 Å². The van der Waals surface area contributed by atoms with Crippen LogP contribution in [0.25, 0.3) is 0 Å². The average Bonchev–Trinajstić information content (AvgIpc) is 0. The van der Waals surface area contributed by atoms with Crippen molar-refractivity contribution in [3.8, 4) is 0 Å². The topological polar surface area (TPSA) is 0 Å². The zero-order valence-corrected chi connectivity index (χ0v) is 4.86. The molecule has 0 fully saturated rings. The normalized spacial score (nSPS) is 0. The number of rotatable bonds is 0. The van der Waals surface area contributed by atoms with Crippen LogP contribution in [0.2, 0.25) is 0 Å². The average molecular weight is 309 g/mol. The summed E-state index contributed by atoms with van der Waals surface area (Å²) in [5.74, 6) is 0. The van der Waals surface area contributed by atoms with Crippen molar-refractivity contribution in [3.05, 3.63) is 0 Å². The minimum Gasteiger partial charge on any atom is -1.00 e. The molecule has 0 aromatic carbocycles. The maximum absolute atomic E-state index is 0. The maximum atomic E-state index is 0. The Morgan fingerprint density at radius 1 is 0.286 bits per heavy atom. The summed E-state index contributed by atoms with van der Waals surface area (Å²) in [5, 5.41) is 0. The Balaban J connectivity index is 0. The summed E-state index contributed by atoms with van der Waals surface area (Å²) in [6, 6.07) is 0. The van der Waals surface area contributed by atoms with Crippen molar-refractivity contribution in [2.75, 3.05) is 0 Å². The van der Waals surface area contributed by atoms with E-state index in [0.29, 0.717) is 0 Å². The first kappa shape index (κ1) is 3970. The molecule has 0 aromatic heterocycles. The number of hydrogen-bond donors (Lipinski definition) is 0. The molecule has 0 amide bonds. The van der Waals surface area contributed by atoms with Crippen LogP contribution in [0.3, 0.4) is 0 Å². The van der Waals surface area contributed by atoms with E-state index < -0.39 is 0 Å². The van der Waals surface area contributed by atoms with Gasteiger partial charge in [0.1, 0.15) is 0 Å². The van der Waals surface area contributed by atoms with Gasteiger partial charge in [-0.15, -0.1) is 0 Å². The molecule has 0 bridgehead atoms. The zero-order valence-electron chi connectivity index (χ0n) is 2.58. The second-order valence-electron chi connectivity index (χ2n) is 0. The predicted molar refractivity (Wildman–Crippen MR) is 0 cm³/mol. The Hall–Kier alpha value is 0.268. The minimum atomic E-state index is 0. The summed E-state index contributed by atoms with van der Waals surface area (Å²) in [7, 11) is 0. The van der Waals surface area contributed by atoms with E-state index in [9.17, 15) is 0 Å². The quantitative estimate of drug-likeness (QED) is 0.390. The van der Waals surface area contributed by atoms with Crippen molar-refractivity contribution in [1.82, 2.24) is 0 Å². The number of halogens is 6. The second kappa shape index (κ2) is 2420. The van der Waals surface area contributed by atoms with Gasteiger partial charge in [-0.3, -0.25) is 0 Å². The molecule has 0 heterocycles. The first-order chi connectivity index (χ1) is 0. The summed E-state index contributed by atoms with van der Waals surface area (Å²) in [6.45, 7) is 0. The standard InChI is InChI=1S/6FH.Pt/h6*1H;/q;;;;;;+6/p-6. The molecule has 7 heavy (non-hydrogen) atoms. The molecule has 0 radical (unpaired) electrons. The molecule has 7 heteroatoms. The molecule has 0 saturated heterocycles. The van der Waals surface area contributed by atoms with Gasteiger partial charge in [0.2, 0.25) is 0 Å². The van der Waals surface area contributed by atoms with E-state index in [1.807, 2.05) is 0 Å². The number of hydrogen-bond acceptors (Lipinski definition) is 0.